The molecule has 0 bridgehead atoms. The number of aryl methyl sites for hydroxylation is 1. The van der Waals surface area contributed by atoms with E-state index in [0.29, 0.717) is 0 Å². The Morgan fingerprint density at radius 3 is 3.45 bits per heavy atom. The number of aromatic nitrogens is 2. The number of aliphatic hydroxyl groups is 1. The largest absolute Gasteiger partial charge is 0.396 e. The van der Waals surface area contributed by atoms with Crippen LogP contribution in [0.2, 0.25) is 0 Å². The molecule has 0 aliphatic heterocycles. The molecule has 0 saturated heterocycles. The van der Waals surface area contributed by atoms with Gasteiger partial charge in [-0.25, -0.2) is 4.98 Å². The molecule has 0 radical (unpaired) electrons. The number of H-pyrrole nitrogens is 1. The van der Waals surface area contributed by atoms with E-state index in [2.05, 4.69) is 9.97 Å². The second kappa shape index (κ2) is 2.66. The molecular formula is C8H12N2O. The van der Waals surface area contributed by atoms with Crippen molar-refractivity contribution in [2.45, 2.75) is 25.2 Å². The molecule has 1 aromatic rings. The quantitative estimate of drug-likeness (QED) is 0.626. The fourth-order valence-electron chi connectivity index (χ4n) is 1.72. The van der Waals surface area contributed by atoms with Gasteiger partial charge in [-0.2, -0.15) is 0 Å². The monoisotopic (exact) mass is 152 g/mol. The summed E-state index contributed by atoms with van der Waals surface area (Å²) in [6, 6.07) is 0. The molecule has 2 rings (SSSR count). The molecule has 0 aromatic carbocycles. The van der Waals surface area contributed by atoms with E-state index < -0.39 is 0 Å². The van der Waals surface area contributed by atoms with Gasteiger partial charge in [0.15, 0.2) is 0 Å². The maximum Gasteiger partial charge on any atom is 0.0925 e. The van der Waals surface area contributed by atoms with Gasteiger partial charge in [-0.15, -0.1) is 0 Å². The van der Waals surface area contributed by atoms with Crippen LogP contribution >= 0.6 is 0 Å². The summed E-state index contributed by atoms with van der Waals surface area (Å²) < 4.78 is 0. The molecule has 1 heterocycles. The average Bonchev–Trinajstić information content (AvgIpc) is 2.50. The number of aromatic amines is 1. The van der Waals surface area contributed by atoms with Crippen LogP contribution in [0, 0.1) is 0 Å². The van der Waals surface area contributed by atoms with E-state index in [1.807, 2.05) is 0 Å². The Kier molecular flexibility index (Phi) is 1.66. The Balaban J connectivity index is 2.32. The Labute approximate surface area is 65.5 Å². The van der Waals surface area contributed by atoms with E-state index in [1.165, 1.54) is 12.1 Å². The van der Waals surface area contributed by atoms with Crippen LogP contribution in [0.25, 0.3) is 0 Å². The van der Waals surface area contributed by atoms with Crippen molar-refractivity contribution in [3.63, 3.8) is 0 Å². The fourth-order valence-corrected chi connectivity index (χ4v) is 1.72. The van der Waals surface area contributed by atoms with Crippen LogP contribution in [0.1, 0.15) is 30.1 Å². The maximum absolute atomic E-state index is 9.00. The van der Waals surface area contributed by atoms with Gasteiger partial charge < -0.3 is 10.1 Å². The predicted octanol–water partition coefficient (Wildman–Crippen LogP) is 0.822. The molecule has 60 valence electrons. The standard InChI is InChI=1S/C8H12N2O/c11-4-6-2-1-3-7-8(6)10-5-9-7/h5-6,11H,1-4H2,(H,9,10). The summed E-state index contributed by atoms with van der Waals surface area (Å²) in [6.45, 7) is 0.234. The Morgan fingerprint density at radius 1 is 1.73 bits per heavy atom. The van der Waals surface area contributed by atoms with Gasteiger partial charge in [0.25, 0.3) is 0 Å². The van der Waals surface area contributed by atoms with Crippen LogP contribution in [0.3, 0.4) is 0 Å². The Bertz CT molecular complexity index is 244. The number of imidazole rings is 1. The van der Waals surface area contributed by atoms with Crippen LogP contribution in [-0.4, -0.2) is 21.7 Å². The molecule has 3 nitrogen and oxygen atoms in total. The molecule has 2 N–H and O–H groups in total. The van der Waals surface area contributed by atoms with Gasteiger partial charge in [-0.1, -0.05) is 0 Å². The summed E-state index contributed by atoms with van der Waals surface area (Å²) in [5.41, 5.74) is 2.30. The molecule has 1 aliphatic carbocycles. The highest BCUT2D eigenvalue weighted by Crippen LogP contribution is 2.27. The summed E-state index contributed by atoms with van der Waals surface area (Å²) in [6.07, 6.45) is 5.05. The van der Waals surface area contributed by atoms with Crippen LogP contribution in [0.4, 0.5) is 0 Å². The van der Waals surface area contributed by atoms with Gasteiger partial charge in [0.1, 0.15) is 0 Å². The number of rotatable bonds is 1. The molecule has 1 aliphatic rings. The van der Waals surface area contributed by atoms with Gasteiger partial charge >= 0.3 is 0 Å². The molecule has 3 heteroatoms. The smallest absolute Gasteiger partial charge is 0.0925 e. The van der Waals surface area contributed by atoms with Gasteiger partial charge in [0.05, 0.1) is 18.6 Å². The first kappa shape index (κ1) is 6.85. The molecule has 0 spiro atoms. The average molecular weight is 152 g/mol. The van der Waals surface area contributed by atoms with Gasteiger partial charge in [0.2, 0.25) is 0 Å². The molecule has 1 aromatic heterocycles. The zero-order chi connectivity index (χ0) is 7.68. The lowest BCUT2D eigenvalue weighted by Gasteiger charge is -2.18. The summed E-state index contributed by atoms with van der Waals surface area (Å²) in [5, 5.41) is 9.00. The first-order valence-corrected chi connectivity index (χ1v) is 4.05. The molecule has 1 atom stereocenters. The van der Waals surface area contributed by atoms with E-state index >= 15 is 0 Å². The summed E-state index contributed by atoms with van der Waals surface area (Å²) in [7, 11) is 0. The minimum Gasteiger partial charge on any atom is -0.396 e. The van der Waals surface area contributed by atoms with Gasteiger partial charge in [0, 0.05) is 11.6 Å². The van der Waals surface area contributed by atoms with Crippen molar-refractivity contribution in [3.8, 4) is 0 Å². The highest BCUT2D eigenvalue weighted by molar-refractivity contribution is 5.19. The third-order valence-electron chi connectivity index (χ3n) is 2.34. The van der Waals surface area contributed by atoms with E-state index in [1.54, 1.807) is 6.33 Å². The topological polar surface area (TPSA) is 48.9 Å². The first-order valence-electron chi connectivity index (χ1n) is 4.05. The molecule has 0 saturated carbocycles. The van der Waals surface area contributed by atoms with Crippen molar-refractivity contribution >= 4 is 0 Å². The molecular weight excluding hydrogens is 140 g/mol. The lowest BCUT2D eigenvalue weighted by atomic mass is 9.91. The molecule has 0 fully saturated rings. The second-order valence-electron chi connectivity index (χ2n) is 3.04. The number of hydrogen-bond donors (Lipinski definition) is 2. The lowest BCUT2D eigenvalue weighted by Crippen LogP contribution is -2.12. The van der Waals surface area contributed by atoms with Crippen LogP contribution in [-0.2, 0) is 6.42 Å². The molecule has 1 unspecified atom stereocenters. The van der Waals surface area contributed by atoms with Crippen molar-refractivity contribution in [2.24, 2.45) is 0 Å². The minimum atomic E-state index is 0.234. The van der Waals surface area contributed by atoms with E-state index in [9.17, 15) is 0 Å². The highest BCUT2D eigenvalue weighted by atomic mass is 16.3. The fraction of sp³-hybridized carbons (Fsp3) is 0.625. The summed E-state index contributed by atoms with van der Waals surface area (Å²) in [5.74, 6) is 0.282. The van der Waals surface area contributed by atoms with Crippen molar-refractivity contribution in [1.82, 2.24) is 9.97 Å². The zero-order valence-corrected chi connectivity index (χ0v) is 6.38. The van der Waals surface area contributed by atoms with Gasteiger partial charge in [-0.05, 0) is 19.3 Å². The van der Waals surface area contributed by atoms with E-state index in [4.69, 9.17) is 5.11 Å². The summed E-state index contributed by atoms with van der Waals surface area (Å²) >= 11 is 0. The number of hydrogen-bond acceptors (Lipinski definition) is 2. The molecule has 0 amide bonds. The lowest BCUT2D eigenvalue weighted by molar-refractivity contribution is 0.250. The van der Waals surface area contributed by atoms with Crippen molar-refractivity contribution in [3.05, 3.63) is 17.7 Å². The van der Waals surface area contributed by atoms with Crippen molar-refractivity contribution in [1.29, 1.82) is 0 Å². The number of fused-ring (bicyclic) bond motifs is 1. The van der Waals surface area contributed by atoms with Crippen molar-refractivity contribution < 1.29 is 5.11 Å². The SMILES string of the molecule is OCC1CCCc2[nH]cnc21. The van der Waals surface area contributed by atoms with E-state index in [0.717, 1.165) is 18.5 Å². The number of nitrogens with zero attached hydrogens (tertiary/aromatic N) is 1. The highest BCUT2D eigenvalue weighted by Gasteiger charge is 2.21. The zero-order valence-electron chi connectivity index (χ0n) is 6.38. The van der Waals surface area contributed by atoms with Gasteiger partial charge in [-0.3, -0.25) is 0 Å². The first-order chi connectivity index (χ1) is 5.42. The number of nitrogens with one attached hydrogen (secondary N) is 1. The van der Waals surface area contributed by atoms with E-state index in [-0.39, 0.29) is 12.5 Å². The normalized spacial score (nSPS) is 23.2. The van der Waals surface area contributed by atoms with Crippen molar-refractivity contribution in [2.75, 3.05) is 6.61 Å². The number of aliphatic hydroxyl groups excluding tert-OH is 1. The van der Waals surface area contributed by atoms with Crippen LogP contribution in [0.5, 0.6) is 0 Å². The third kappa shape index (κ3) is 1.05. The Morgan fingerprint density at radius 2 is 2.64 bits per heavy atom. The molecule has 11 heavy (non-hydrogen) atoms. The third-order valence-corrected chi connectivity index (χ3v) is 2.34. The Hall–Kier alpha value is -0.830. The predicted molar refractivity (Wildman–Crippen MR) is 41.4 cm³/mol. The minimum absolute atomic E-state index is 0.234. The maximum atomic E-state index is 9.00. The summed E-state index contributed by atoms with van der Waals surface area (Å²) in [4.78, 5) is 7.29. The van der Waals surface area contributed by atoms with Crippen LogP contribution in [0.15, 0.2) is 6.33 Å². The van der Waals surface area contributed by atoms with Crippen LogP contribution < -0.4 is 0 Å². The second-order valence-corrected chi connectivity index (χ2v) is 3.04.